The number of hydrogen-bond donors (Lipinski definition) is 4. The molecule has 13 heteroatoms. The second kappa shape index (κ2) is 15.5. The van der Waals surface area contributed by atoms with Crippen molar-refractivity contribution in [3.8, 4) is 0 Å². The van der Waals surface area contributed by atoms with Gasteiger partial charge in [0.25, 0.3) is 5.91 Å². The average Bonchev–Trinajstić information content (AvgIpc) is 3.94. The SMILES string of the molecule is C=CCNC(=O)C(=O)C(CC1CC1)NC(=O)[C@@H]1[C@@H]2[C@H](CN1C(=O)[C@@H](NC(=O)N[C@@]1(CS(=O)(=O)C(C)(C)C)[C@H](C)CCC[C@@H]1C)C1=CCCCC1)C2(C)C. The number of carbonyl (C=O) groups is 5. The first-order valence-corrected chi connectivity index (χ1v) is 21.4. The van der Waals surface area contributed by atoms with Crippen LogP contribution in [0, 0.1) is 35.0 Å². The highest BCUT2D eigenvalue weighted by molar-refractivity contribution is 7.92. The van der Waals surface area contributed by atoms with E-state index in [1.807, 2.05) is 19.9 Å². The second-order valence-electron chi connectivity index (χ2n) is 18.2. The Morgan fingerprint density at radius 1 is 1.00 bits per heavy atom. The Balaban J connectivity index is 1.41. The summed E-state index contributed by atoms with van der Waals surface area (Å²) in [6.45, 7) is 17.2. The maximum absolute atomic E-state index is 14.8. The molecule has 0 aromatic heterocycles. The molecule has 0 bridgehead atoms. The van der Waals surface area contributed by atoms with Gasteiger partial charge in [0, 0.05) is 13.1 Å². The Hall–Kier alpha value is -3.22. The third kappa shape index (κ3) is 8.54. The second-order valence-corrected chi connectivity index (χ2v) is 20.9. The molecule has 53 heavy (non-hydrogen) atoms. The molecule has 1 saturated heterocycles. The van der Waals surface area contributed by atoms with Crippen molar-refractivity contribution < 1.29 is 32.4 Å². The van der Waals surface area contributed by atoms with Gasteiger partial charge in [-0.3, -0.25) is 19.2 Å². The minimum Gasteiger partial charge on any atom is -0.346 e. The lowest BCUT2D eigenvalue weighted by atomic mass is 9.68. The van der Waals surface area contributed by atoms with Crippen molar-refractivity contribution in [2.75, 3.05) is 18.8 Å². The molecule has 5 aliphatic rings. The van der Waals surface area contributed by atoms with Crippen LogP contribution in [0.2, 0.25) is 0 Å². The number of nitrogens with zero attached hydrogens (tertiary/aromatic N) is 1. The van der Waals surface area contributed by atoms with E-state index in [9.17, 15) is 32.4 Å². The van der Waals surface area contributed by atoms with E-state index in [2.05, 4.69) is 41.7 Å². The maximum Gasteiger partial charge on any atom is 0.316 e. The van der Waals surface area contributed by atoms with Gasteiger partial charge in [-0.2, -0.15) is 0 Å². The molecule has 4 aliphatic carbocycles. The van der Waals surface area contributed by atoms with Crippen LogP contribution in [0.5, 0.6) is 0 Å². The van der Waals surface area contributed by atoms with Gasteiger partial charge in [0.2, 0.25) is 17.6 Å². The van der Waals surface area contributed by atoms with Gasteiger partial charge in [0.15, 0.2) is 9.84 Å². The minimum absolute atomic E-state index is 0.0558. The number of piperidine rings is 1. The summed E-state index contributed by atoms with van der Waals surface area (Å²) in [4.78, 5) is 70.8. The van der Waals surface area contributed by atoms with Crippen molar-refractivity contribution in [2.45, 2.75) is 141 Å². The monoisotopic (exact) mass is 757 g/mol. The van der Waals surface area contributed by atoms with E-state index in [1.165, 1.54) is 6.08 Å². The highest BCUT2D eigenvalue weighted by Gasteiger charge is 2.70. The molecule has 12 nitrogen and oxygen atoms in total. The molecular weight excluding hydrogens is 695 g/mol. The van der Waals surface area contributed by atoms with Crippen molar-refractivity contribution in [1.82, 2.24) is 26.2 Å². The number of carbonyl (C=O) groups excluding carboxylic acids is 5. The predicted octanol–water partition coefficient (Wildman–Crippen LogP) is 4.20. The van der Waals surface area contributed by atoms with E-state index in [0.717, 1.165) is 56.9 Å². The van der Waals surface area contributed by atoms with Crippen LogP contribution < -0.4 is 21.3 Å². The first-order chi connectivity index (χ1) is 24.7. The van der Waals surface area contributed by atoms with E-state index < -0.39 is 67.8 Å². The van der Waals surface area contributed by atoms with Crippen LogP contribution in [0.15, 0.2) is 24.3 Å². The number of hydrogen-bond acceptors (Lipinski definition) is 7. The van der Waals surface area contributed by atoms with E-state index in [0.29, 0.717) is 19.4 Å². The molecule has 1 unspecified atom stereocenters. The topological polar surface area (TPSA) is 171 Å². The largest absolute Gasteiger partial charge is 0.346 e. The molecule has 0 spiro atoms. The number of sulfone groups is 1. The summed E-state index contributed by atoms with van der Waals surface area (Å²) in [5.41, 5.74) is -0.470. The lowest BCUT2D eigenvalue weighted by molar-refractivity contribution is -0.143. The molecule has 0 aromatic carbocycles. The zero-order valence-corrected chi connectivity index (χ0v) is 33.7. The van der Waals surface area contributed by atoms with Gasteiger partial charge in [-0.15, -0.1) is 6.58 Å². The van der Waals surface area contributed by atoms with Crippen LogP contribution in [0.25, 0.3) is 0 Å². The summed E-state index contributed by atoms with van der Waals surface area (Å²) in [6.07, 6.45) is 11.3. The lowest BCUT2D eigenvalue weighted by Gasteiger charge is -2.48. The van der Waals surface area contributed by atoms with Crippen molar-refractivity contribution in [3.05, 3.63) is 24.3 Å². The highest BCUT2D eigenvalue weighted by Crippen LogP contribution is 2.65. The average molecular weight is 758 g/mol. The van der Waals surface area contributed by atoms with Crippen LogP contribution in [0.3, 0.4) is 0 Å². The number of urea groups is 1. The summed E-state index contributed by atoms with van der Waals surface area (Å²) in [5, 5.41) is 11.5. The van der Waals surface area contributed by atoms with Crippen LogP contribution in [-0.4, -0.2) is 90.1 Å². The standard InChI is InChI=1S/C40H63N5O7S/c1-9-20-41-35(48)33(46)29(21-26-18-19-26)42-34(47)32-30-28(39(30,7)8)22-45(32)36(49)31(27-16-11-10-12-17-27)43-37(50)44-40(23-53(51,52)38(4,5)6)24(2)14-13-15-25(40)3/h9,16,24-26,28-32H,1,10-15,17-23H2,2-8H3,(H,41,48)(H,42,47)(H2,43,44,50)/t24-,25+,28-,29?,30-,31-,32-,40+/m0/s1. The Labute approximate surface area is 316 Å². The molecule has 1 heterocycles. The van der Waals surface area contributed by atoms with Crippen LogP contribution in [-0.2, 0) is 29.0 Å². The number of ketones is 1. The van der Waals surface area contributed by atoms with Gasteiger partial charge in [-0.05, 0) is 106 Å². The molecule has 0 aromatic rings. The summed E-state index contributed by atoms with van der Waals surface area (Å²) in [5.74, 6) is -2.67. The van der Waals surface area contributed by atoms with Gasteiger partial charge in [0.05, 0.1) is 22.1 Å². The Morgan fingerprint density at radius 3 is 2.23 bits per heavy atom. The third-order valence-electron chi connectivity index (χ3n) is 13.3. The zero-order valence-electron chi connectivity index (χ0n) is 32.9. The first-order valence-electron chi connectivity index (χ1n) is 19.8. The van der Waals surface area contributed by atoms with Gasteiger partial charge in [-0.25, -0.2) is 13.2 Å². The fourth-order valence-electron chi connectivity index (χ4n) is 9.21. The van der Waals surface area contributed by atoms with E-state index in [4.69, 9.17) is 0 Å². The first kappa shape index (κ1) is 41.0. The van der Waals surface area contributed by atoms with Crippen molar-refractivity contribution in [3.63, 3.8) is 0 Å². The number of nitrogens with one attached hydrogen (secondary N) is 4. The quantitative estimate of drug-likeness (QED) is 0.152. The zero-order chi connectivity index (χ0) is 39.1. The van der Waals surface area contributed by atoms with Crippen molar-refractivity contribution in [1.29, 1.82) is 0 Å². The molecular formula is C40H63N5O7S. The predicted molar refractivity (Wildman–Crippen MR) is 204 cm³/mol. The molecule has 4 N–H and O–H groups in total. The van der Waals surface area contributed by atoms with E-state index >= 15 is 0 Å². The molecule has 296 valence electrons. The molecule has 1 aliphatic heterocycles. The van der Waals surface area contributed by atoms with Crippen molar-refractivity contribution in [2.24, 2.45) is 35.0 Å². The van der Waals surface area contributed by atoms with E-state index in [1.54, 1.807) is 25.7 Å². The van der Waals surface area contributed by atoms with Gasteiger partial charge < -0.3 is 26.2 Å². The van der Waals surface area contributed by atoms with Crippen LogP contribution >= 0.6 is 0 Å². The molecule has 3 saturated carbocycles. The summed E-state index contributed by atoms with van der Waals surface area (Å²) >= 11 is 0. The van der Waals surface area contributed by atoms with Crippen LogP contribution in [0.1, 0.15) is 113 Å². The third-order valence-corrected chi connectivity index (χ3v) is 16.0. The maximum atomic E-state index is 14.8. The number of Topliss-reactive ketones (excluding diaryl/α,β-unsaturated/α-hetero) is 1. The lowest BCUT2D eigenvalue weighted by Crippen LogP contribution is -2.67. The molecule has 0 radical (unpaired) electrons. The molecule has 8 atom stereocenters. The highest BCUT2D eigenvalue weighted by atomic mass is 32.2. The van der Waals surface area contributed by atoms with Gasteiger partial charge in [0.1, 0.15) is 12.1 Å². The number of rotatable bonds is 14. The summed E-state index contributed by atoms with van der Waals surface area (Å²) < 4.78 is 26.3. The Bertz CT molecular complexity index is 1600. The molecule has 4 fully saturated rings. The normalized spacial score (nSPS) is 30.5. The number of amides is 5. The van der Waals surface area contributed by atoms with Crippen molar-refractivity contribution >= 4 is 39.4 Å². The number of allylic oxidation sites excluding steroid dienone is 1. The molecule has 5 rings (SSSR count). The number of likely N-dealkylation sites (tertiary alicyclic amines) is 1. The Kier molecular flexibility index (Phi) is 12.0. The fraction of sp³-hybridized carbons (Fsp3) is 0.775. The fourth-order valence-corrected chi connectivity index (χ4v) is 10.9. The van der Waals surface area contributed by atoms with E-state index in [-0.39, 0.29) is 47.3 Å². The van der Waals surface area contributed by atoms with Gasteiger partial charge >= 0.3 is 6.03 Å². The van der Waals surface area contributed by atoms with Gasteiger partial charge in [-0.1, -0.05) is 59.1 Å². The summed E-state index contributed by atoms with van der Waals surface area (Å²) in [7, 11) is -3.63. The Morgan fingerprint density at radius 2 is 1.66 bits per heavy atom. The summed E-state index contributed by atoms with van der Waals surface area (Å²) in [6, 6.07) is -3.55. The number of fused-ring (bicyclic) bond motifs is 1. The van der Waals surface area contributed by atoms with Crippen LogP contribution in [0.4, 0.5) is 4.79 Å². The molecule has 5 amide bonds. The minimum atomic E-state index is -3.63. The smallest absolute Gasteiger partial charge is 0.316 e.